The number of nitrogen functional groups attached to an aromatic ring is 1. The zero-order valence-electron chi connectivity index (χ0n) is 13.7. The monoisotopic (exact) mass is 309 g/mol. The molecule has 1 saturated heterocycles. The fourth-order valence-corrected chi connectivity index (χ4v) is 3.14. The molecule has 1 heterocycles. The second-order valence-electron chi connectivity index (χ2n) is 6.19. The number of amides is 1. The fraction of sp³-hybridized carbons (Fsp3) is 0.316. The molecule has 4 heteroatoms. The predicted octanol–water partition coefficient (Wildman–Crippen LogP) is 3.74. The van der Waals surface area contributed by atoms with Crippen LogP contribution in [0.5, 0.6) is 0 Å². The van der Waals surface area contributed by atoms with E-state index in [4.69, 9.17) is 5.73 Å². The lowest BCUT2D eigenvalue weighted by Gasteiger charge is -2.22. The summed E-state index contributed by atoms with van der Waals surface area (Å²) in [6, 6.07) is 11.5. The fourth-order valence-electron chi connectivity index (χ4n) is 3.14. The molecule has 2 aromatic rings. The molecule has 3 N–H and O–H groups in total. The van der Waals surface area contributed by atoms with Gasteiger partial charge in [-0.1, -0.05) is 18.2 Å². The zero-order chi connectivity index (χ0) is 16.4. The molecule has 0 aromatic heterocycles. The Morgan fingerprint density at radius 2 is 1.78 bits per heavy atom. The Morgan fingerprint density at radius 1 is 1.09 bits per heavy atom. The average Bonchev–Trinajstić information content (AvgIpc) is 3.04. The van der Waals surface area contributed by atoms with Crippen molar-refractivity contribution in [2.75, 3.05) is 29.0 Å². The summed E-state index contributed by atoms with van der Waals surface area (Å²) in [4.78, 5) is 14.9. The van der Waals surface area contributed by atoms with E-state index >= 15 is 0 Å². The summed E-state index contributed by atoms with van der Waals surface area (Å²) in [5.41, 5.74) is 11.4. The molecule has 2 aromatic carbocycles. The van der Waals surface area contributed by atoms with Crippen LogP contribution in [0.4, 0.5) is 17.1 Å². The van der Waals surface area contributed by atoms with Crippen LogP contribution in [0.1, 0.15) is 34.3 Å². The van der Waals surface area contributed by atoms with Crippen molar-refractivity contribution in [3.8, 4) is 0 Å². The van der Waals surface area contributed by atoms with Gasteiger partial charge < -0.3 is 16.0 Å². The van der Waals surface area contributed by atoms with E-state index in [0.717, 1.165) is 29.9 Å². The maximum absolute atomic E-state index is 12.5. The van der Waals surface area contributed by atoms with Gasteiger partial charge in [-0.05, 0) is 56.0 Å². The van der Waals surface area contributed by atoms with E-state index in [1.165, 1.54) is 12.8 Å². The van der Waals surface area contributed by atoms with Crippen LogP contribution in [0.2, 0.25) is 0 Å². The van der Waals surface area contributed by atoms with Crippen molar-refractivity contribution in [1.82, 2.24) is 0 Å². The summed E-state index contributed by atoms with van der Waals surface area (Å²) < 4.78 is 0. The summed E-state index contributed by atoms with van der Waals surface area (Å²) in [5, 5.41) is 2.97. The minimum absolute atomic E-state index is 0.119. The molecule has 0 bridgehead atoms. The standard InChI is InChI=1S/C19H23N3O/c1-13-7-3-4-8-15(13)19(23)21-17-12-18(14(2)11-16(17)20)22-9-5-6-10-22/h3-4,7-8,11-12H,5-6,9-10,20H2,1-2H3,(H,21,23). The number of carbonyl (C=O) groups excluding carboxylic acids is 1. The molecule has 4 nitrogen and oxygen atoms in total. The molecule has 3 rings (SSSR count). The van der Waals surface area contributed by atoms with Gasteiger partial charge in [0.2, 0.25) is 0 Å². The Balaban J connectivity index is 1.89. The first-order valence-corrected chi connectivity index (χ1v) is 8.08. The highest BCUT2D eigenvalue weighted by Crippen LogP contribution is 2.32. The number of aryl methyl sites for hydroxylation is 2. The first-order valence-electron chi connectivity index (χ1n) is 8.08. The van der Waals surface area contributed by atoms with Gasteiger partial charge in [0.05, 0.1) is 11.4 Å². The SMILES string of the molecule is Cc1ccccc1C(=O)Nc1cc(N2CCCC2)c(C)cc1N. The molecule has 0 spiro atoms. The van der Waals surface area contributed by atoms with Gasteiger partial charge in [-0.15, -0.1) is 0 Å². The predicted molar refractivity (Wildman–Crippen MR) is 96.2 cm³/mol. The lowest BCUT2D eigenvalue weighted by atomic mass is 10.1. The van der Waals surface area contributed by atoms with Gasteiger partial charge in [0.25, 0.3) is 5.91 Å². The maximum atomic E-state index is 12.5. The van der Waals surface area contributed by atoms with Crippen LogP contribution in [0.15, 0.2) is 36.4 Å². The number of nitrogens with one attached hydrogen (secondary N) is 1. The van der Waals surface area contributed by atoms with Crippen LogP contribution < -0.4 is 16.0 Å². The second kappa shape index (κ2) is 6.32. The van der Waals surface area contributed by atoms with Crippen LogP contribution in [0.25, 0.3) is 0 Å². The van der Waals surface area contributed by atoms with Crippen molar-refractivity contribution in [3.05, 3.63) is 53.1 Å². The van der Waals surface area contributed by atoms with Crippen molar-refractivity contribution < 1.29 is 4.79 Å². The number of anilines is 3. The summed E-state index contributed by atoms with van der Waals surface area (Å²) in [7, 11) is 0. The molecule has 0 unspecified atom stereocenters. The molecule has 1 aliphatic heterocycles. The van der Waals surface area contributed by atoms with E-state index in [0.29, 0.717) is 16.9 Å². The molecule has 0 radical (unpaired) electrons. The van der Waals surface area contributed by atoms with Gasteiger partial charge in [-0.2, -0.15) is 0 Å². The Morgan fingerprint density at radius 3 is 2.48 bits per heavy atom. The Labute approximate surface area is 137 Å². The smallest absolute Gasteiger partial charge is 0.255 e. The molecule has 1 fully saturated rings. The Kier molecular flexibility index (Phi) is 4.24. The van der Waals surface area contributed by atoms with Gasteiger partial charge in [-0.3, -0.25) is 4.79 Å². The molecular formula is C19H23N3O. The topological polar surface area (TPSA) is 58.4 Å². The number of hydrogen-bond donors (Lipinski definition) is 2. The first kappa shape index (κ1) is 15.4. The van der Waals surface area contributed by atoms with Gasteiger partial charge in [0.15, 0.2) is 0 Å². The van der Waals surface area contributed by atoms with Crippen molar-refractivity contribution >= 4 is 23.0 Å². The van der Waals surface area contributed by atoms with Crippen LogP contribution in [-0.4, -0.2) is 19.0 Å². The second-order valence-corrected chi connectivity index (χ2v) is 6.19. The van der Waals surface area contributed by atoms with E-state index in [1.807, 2.05) is 43.3 Å². The van der Waals surface area contributed by atoms with E-state index < -0.39 is 0 Å². The normalized spacial score (nSPS) is 14.1. The zero-order valence-corrected chi connectivity index (χ0v) is 13.7. The van der Waals surface area contributed by atoms with E-state index in [1.54, 1.807) is 0 Å². The minimum Gasteiger partial charge on any atom is -0.397 e. The third-order valence-electron chi connectivity index (χ3n) is 4.45. The van der Waals surface area contributed by atoms with Crippen LogP contribution in [0, 0.1) is 13.8 Å². The molecular weight excluding hydrogens is 286 g/mol. The molecule has 0 atom stereocenters. The van der Waals surface area contributed by atoms with Gasteiger partial charge in [0.1, 0.15) is 0 Å². The summed E-state index contributed by atoms with van der Waals surface area (Å²) in [6.45, 7) is 6.13. The third-order valence-corrected chi connectivity index (χ3v) is 4.45. The van der Waals surface area contributed by atoms with Gasteiger partial charge in [-0.25, -0.2) is 0 Å². The molecule has 0 saturated carbocycles. The van der Waals surface area contributed by atoms with Gasteiger partial charge in [0, 0.05) is 24.3 Å². The third kappa shape index (κ3) is 3.16. The Hall–Kier alpha value is -2.49. The van der Waals surface area contributed by atoms with E-state index in [9.17, 15) is 4.79 Å². The number of carbonyl (C=O) groups is 1. The first-order chi connectivity index (χ1) is 11.1. The number of nitrogens with zero attached hydrogens (tertiary/aromatic N) is 1. The van der Waals surface area contributed by atoms with Crippen LogP contribution in [0.3, 0.4) is 0 Å². The van der Waals surface area contributed by atoms with Crippen molar-refractivity contribution in [3.63, 3.8) is 0 Å². The number of rotatable bonds is 3. The average molecular weight is 309 g/mol. The highest BCUT2D eigenvalue weighted by molar-refractivity contribution is 6.07. The number of benzene rings is 2. The van der Waals surface area contributed by atoms with Crippen LogP contribution in [-0.2, 0) is 0 Å². The van der Waals surface area contributed by atoms with Crippen LogP contribution >= 0.6 is 0 Å². The highest BCUT2D eigenvalue weighted by atomic mass is 16.1. The summed E-state index contributed by atoms with van der Waals surface area (Å²) in [6.07, 6.45) is 2.43. The molecule has 120 valence electrons. The lowest BCUT2D eigenvalue weighted by molar-refractivity contribution is 0.102. The van der Waals surface area contributed by atoms with E-state index in [2.05, 4.69) is 17.1 Å². The van der Waals surface area contributed by atoms with Gasteiger partial charge >= 0.3 is 0 Å². The lowest BCUT2D eigenvalue weighted by Crippen LogP contribution is -2.20. The highest BCUT2D eigenvalue weighted by Gasteiger charge is 2.17. The van der Waals surface area contributed by atoms with Crippen molar-refractivity contribution in [2.45, 2.75) is 26.7 Å². The maximum Gasteiger partial charge on any atom is 0.255 e. The Bertz CT molecular complexity index is 733. The van der Waals surface area contributed by atoms with Crippen molar-refractivity contribution in [2.24, 2.45) is 0 Å². The van der Waals surface area contributed by atoms with E-state index in [-0.39, 0.29) is 5.91 Å². The minimum atomic E-state index is -0.119. The quantitative estimate of drug-likeness (QED) is 0.849. The molecule has 23 heavy (non-hydrogen) atoms. The van der Waals surface area contributed by atoms with Crippen molar-refractivity contribution in [1.29, 1.82) is 0 Å². The number of hydrogen-bond acceptors (Lipinski definition) is 3. The largest absolute Gasteiger partial charge is 0.397 e. The summed E-state index contributed by atoms with van der Waals surface area (Å²) in [5.74, 6) is -0.119. The summed E-state index contributed by atoms with van der Waals surface area (Å²) >= 11 is 0. The molecule has 1 aliphatic rings. The molecule has 1 amide bonds. The molecule has 0 aliphatic carbocycles. The number of nitrogens with two attached hydrogens (primary N) is 1.